The van der Waals surface area contributed by atoms with Gasteiger partial charge in [-0.05, 0) is 23.4 Å². The molecule has 0 heterocycles. The summed E-state index contributed by atoms with van der Waals surface area (Å²) < 4.78 is 1.11. The molecule has 0 saturated carbocycles. The summed E-state index contributed by atoms with van der Waals surface area (Å²) in [6, 6.07) is 5.96. The van der Waals surface area contributed by atoms with E-state index in [2.05, 4.69) is 28.9 Å². The minimum Gasteiger partial charge on any atom is -0.399 e. The molecule has 0 spiro atoms. The van der Waals surface area contributed by atoms with E-state index < -0.39 is 0 Å². The minimum absolute atomic E-state index is 0.812. The molecule has 0 aliphatic rings. The van der Waals surface area contributed by atoms with Crippen LogP contribution < -0.4 is 5.73 Å². The van der Waals surface area contributed by atoms with E-state index in [1.165, 1.54) is 5.56 Å². The van der Waals surface area contributed by atoms with Crippen LogP contribution in [0.15, 0.2) is 22.7 Å². The lowest BCUT2D eigenvalue weighted by molar-refractivity contribution is 1.37. The van der Waals surface area contributed by atoms with Crippen molar-refractivity contribution in [3.05, 3.63) is 28.2 Å². The highest BCUT2D eigenvalue weighted by Gasteiger charge is 1.98. The van der Waals surface area contributed by atoms with E-state index in [-0.39, 0.29) is 0 Å². The van der Waals surface area contributed by atoms with Crippen LogP contribution in [0.4, 0.5) is 5.69 Å². The molecule has 66 valence electrons. The first-order valence-electron chi connectivity index (χ1n) is 3.85. The Labute approximate surface area is 85.9 Å². The summed E-state index contributed by atoms with van der Waals surface area (Å²) in [5, 5.41) is 0. The van der Waals surface area contributed by atoms with Gasteiger partial charge in [0.25, 0.3) is 0 Å². The van der Waals surface area contributed by atoms with Crippen LogP contribution in [-0.2, 0) is 5.75 Å². The van der Waals surface area contributed by atoms with Crippen molar-refractivity contribution in [3.8, 4) is 0 Å². The van der Waals surface area contributed by atoms with E-state index in [0.717, 1.165) is 21.7 Å². The lowest BCUT2D eigenvalue weighted by Crippen LogP contribution is -1.88. The Morgan fingerprint density at radius 3 is 2.83 bits per heavy atom. The van der Waals surface area contributed by atoms with Gasteiger partial charge in [0.15, 0.2) is 0 Å². The van der Waals surface area contributed by atoms with Gasteiger partial charge in [-0.15, -0.1) is 0 Å². The number of thioether (sulfide) groups is 1. The van der Waals surface area contributed by atoms with Crippen molar-refractivity contribution in [2.45, 2.75) is 12.7 Å². The highest BCUT2D eigenvalue weighted by molar-refractivity contribution is 9.10. The molecule has 3 heteroatoms. The topological polar surface area (TPSA) is 26.0 Å². The van der Waals surface area contributed by atoms with Gasteiger partial charge < -0.3 is 5.73 Å². The summed E-state index contributed by atoms with van der Waals surface area (Å²) >= 11 is 5.39. The fourth-order valence-electron chi connectivity index (χ4n) is 0.893. The molecule has 0 amide bonds. The zero-order chi connectivity index (χ0) is 8.97. The standard InChI is InChI=1S/C9H12BrNS/c1-2-12-6-7-3-4-8(11)5-9(7)10/h3-5H,2,6,11H2,1H3. The lowest BCUT2D eigenvalue weighted by atomic mass is 10.2. The molecule has 1 nitrogen and oxygen atoms in total. The zero-order valence-corrected chi connectivity index (χ0v) is 9.41. The normalized spacial score (nSPS) is 10.2. The SMILES string of the molecule is CCSCc1ccc(N)cc1Br. The largest absolute Gasteiger partial charge is 0.399 e. The van der Waals surface area contributed by atoms with Crippen molar-refractivity contribution >= 4 is 33.4 Å². The van der Waals surface area contributed by atoms with E-state index in [0.29, 0.717) is 0 Å². The number of anilines is 1. The molecule has 0 saturated heterocycles. The number of nitrogens with two attached hydrogens (primary N) is 1. The van der Waals surface area contributed by atoms with Gasteiger partial charge in [-0.3, -0.25) is 0 Å². The van der Waals surface area contributed by atoms with Crippen molar-refractivity contribution in [2.24, 2.45) is 0 Å². The molecule has 0 aliphatic heterocycles. The maximum Gasteiger partial charge on any atom is 0.0325 e. The van der Waals surface area contributed by atoms with Crippen LogP contribution >= 0.6 is 27.7 Å². The Kier molecular flexibility index (Phi) is 3.95. The van der Waals surface area contributed by atoms with Gasteiger partial charge in [-0.25, -0.2) is 0 Å². The molecule has 0 aromatic heterocycles. The van der Waals surface area contributed by atoms with Crippen molar-refractivity contribution in [1.82, 2.24) is 0 Å². The molecule has 2 N–H and O–H groups in total. The quantitative estimate of drug-likeness (QED) is 0.828. The van der Waals surface area contributed by atoms with Crippen molar-refractivity contribution in [3.63, 3.8) is 0 Å². The highest BCUT2D eigenvalue weighted by Crippen LogP contribution is 2.23. The molecule has 1 rings (SSSR count). The summed E-state index contributed by atoms with van der Waals surface area (Å²) in [6.07, 6.45) is 0. The Morgan fingerprint density at radius 1 is 1.50 bits per heavy atom. The third-order valence-corrected chi connectivity index (χ3v) is 3.20. The second-order valence-corrected chi connectivity index (χ2v) is 4.62. The van der Waals surface area contributed by atoms with Crippen LogP contribution in [0.3, 0.4) is 0 Å². The van der Waals surface area contributed by atoms with E-state index in [9.17, 15) is 0 Å². The number of halogens is 1. The molecule has 0 fully saturated rings. The van der Waals surface area contributed by atoms with Crippen molar-refractivity contribution in [1.29, 1.82) is 0 Å². The van der Waals surface area contributed by atoms with Gasteiger partial charge in [0, 0.05) is 15.9 Å². The fraction of sp³-hybridized carbons (Fsp3) is 0.333. The lowest BCUT2D eigenvalue weighted by Gasteiger charge is -2.03. The number of benzene rings is 1. The van der Waals surface area contributed by atoms with E-state index in [1.54, 1.807) is 0 Å². The van der Waals surface area contributed by atoms with Gasteiger partial charge in [0.1, 0.15) is 0 Å². The Morgan fingerprint density at radius 2 is 2.25 bits per heavy atom. The molecule has 0 atom stereocenters. The fourth-order valence-corrected chi connectivity index (χ4v) is 2.29. The summed E-state index contributed by atoms with van der Waals surface area (Å²) in [7, 11) is 0. The first kappa shape index (κ1) is 9.93. The molecule has 0 unspecified atom stereocenters. The molecule has 1 aromatic rings. The van der Waals surface area contributed by atoms with Gasteiger partial charge in [0.2, 0.25) is 0 Å². The van der Waals surface area contributed by atoms with Crippen LogP contribution in [0.2, 0.25) is 0 Å². The maximum absolute atomic E-state index is 5.62. The van der Waals surface area contributed by atoms with Crippen LogP contribution in [0.5, 0.6) is 0 Å². The van der Waals surface area contributed by atoms with Crippen LogP contribution in [0, 0.1) is 0 Å². The highest BCUT2D eigenvalue weighted by atomic mass is 79.9. The molecular formula is C9H12BrNS. The van der Waals surface area contributed by atoms with Crippen LogP contribution in [-0.4, -0.2) is 5.75 Å². The molecule has 1 aromatic carbocycles. The molecule has 0 radical (unpaired) electrons. The Bertz CT molecular complexity index is 263. The smallest absolute Gasteiger partial charge is 0.0325 e. The van der Waals surface area contributed by atoms with E-state index in [4.69, 9.17) is 5.73 Å². The van der Waals surface area contributed by atoms with Crippen molar-refractivity contribution in [2.75, 3.05) is 11.5 Å². The van der Waals surface area contributed by atoms with Crippen LogP contribution in [0.25, 0.3) is 0 Å². The minimum atomic E-state index is 0.812. The monoisotopic (exact) mass is 245 g/mol. The Hall–Kier alpha value is -0.150. The second-order valence-electron chi connectivity index (χ2n) is 2.49. The molecule has 12 heavy (non-hydrogen) atoms. The first-order valence-corrected chi connectivity index (χ1v) is 5.80. The maximum atomic E-state index is 5.62. The zero-order valence-electron chi connectivity index (χ0n) is 7.01. The predicted molar refractivity (Wildman–Crippen MR) is 60.4 cm³/mol. The summed E-state index contributed by atoms with van der Waals surface area (Å²) in [5.74, 6) is 2.20. The molecule has 0 aliphatic carbocycles. The summed E-state index contributed by atoms with van der Waals surface area (Å²) in [4.78, 5) is 0. The summed E-state index contributed by atoms with van der Waals surface area (Å²) in [5.41, 5.74) is 7.75. The second kappa shape index (κ2) is 4.77. The van der Waals surface area contributed by atoms with Gasteiger partial charge >= 0.3 is 0 Å². The number of nitrogen functional groups attached to an aromatic ring is 1. The van der Waals surface area contributed by atoms with Gasteiger partial charge in [-0.2, -0.15) is 11.8 Å². The number of hydrogen-bond donors (Lipinski definition) is 1. The van der Waals surface area contributed by atoms with Gasteiger partial charge in [-0.1, -0.05) is 28.9 Å². The van der Waals surface area contributed by atoms with Crippen molar-refractivity contribution < 1.29 is 0 Å². The predicted octanol–water partition coefficient (Wildman–Crippen LogP) is 3.28. The third kappa shape index (κ3) is 2.72. The first-order chi connectivity index (χ1) is 5.74. The third-order valence-electron chi connectivity index (χ3n) is 1.54. The van der Waals surface area contributed by atoms with E-state index in [1.807, 2.05) is 23.9 Å². The average molecular weight is 246 g/mol. The van der Waals surface area contributed by atoms with Gasteiger partial charge in [0.05, 0.1) is 0 Å². The average Bonchev–Trinajstić information content (AvgIpc) is 2.03. The Balaban J connectivity index is 2.72. The van der Waals surface area contributed by atoms with Crippen LogP contribution in [0.1, 0.15) is 12.5 Å². The van der Waals surface area contributed by atoms with E-state index >= 15 is 0 Å². The number of hydrogen-bond acceptors (Lipinski definition) is 2. The molecule has 0 bridgehead atoms. The summed E-state index contributed by atoms with van der Waals surface area (Å²) in [6.45, 7) is 2.16. The number of rotatable bonds is 3. The molecular weight excluding hydrogens is 234 g/mol.